The molecule has 0 spiro atoms. The van der Waals surface area contributed by atoms with Crippen LogP contribution in [-0.4, -0.2) is 36.1 Å². The molecule has 0 saturated carbocycles. The minimum atomic E-state index is -0.474. The van der Waals surface area contributed by atoms with Crippen LogP contribution >= 0.6 is 0 Å². The third-order valence-corrected chi connectivity index (χ3v) is 3.99. The van der Waals surface area contributed by atoms with Crippen molar-refractivity contribution in [3.63, 3.8) is 0 Å². The van der Waals surface area contributed by atoms with Crippen molar-refractivity contribution >= 4 is 17.3 Å². The minimum Gasteiger partial charge on any atom is -0.377 e. The zero-order chi connectivity index (χ0) is 16.8. The summed E-state index contributed by atoms with van der Waals surface area (Å²) in [6, 6.07) is 4.52. The van der Waals surface area contributed by atoms with Crippen molar-refractivity contribution in [3.8, 4) is 0 Å². The smallest absolute Gasteiger partial charge is 0.293 e. The van der Waals surface area contributed by atoms with Gasteiger partial charge in [0.2, 0.25) is 0 Å². The van der Waals surface area contributed by atoms with Gasteiger partial charge in [0.15, 0.2) is 0 Å². The standard InChI is InChI=1S/C16H23N3O4/c1-3-11(2)18-16(20)12-6-7-14(15(9-12)19(21)22)17-10-13-5-4-8-23-13/h6-7,9,11,13,17H,3-5,8,10H2,1-2H3,(H,18,20). The fourth-order valence-corrected chi connectivity index (χ4v) is 2.41. The van der Waals surface area contributed by atoms with Crippen molar-refractivity contribution < 1.29 is 14.5 Å². The van der Waals surface area contributed by atoms with Gasteiger partial charge in [-0.1, -0.05) is 6.92 Å². The predicted molar refractivity (Wildman–Crippen MR) is 87.8 cm³/mol. The highest BCUT2D eigenvalue weighted by Gasteiger charge is 2.20. The normalized spacial score (nSPS) is 18.4. The van der Waals surface area contributed by atoms with Crippen LogP contribution in [0, 0.1) is 10.1 Å². The molecule has 1 heterocycles. The summed E-state index contributed by atoms with van der Waals surface area (Å²) >= 11 is 0. The third kappa shape index (κ3) is 4.66. The van der Waals surface area contributed by atoms with Gasteiger partial charge in [0.25, 0.3) is 11.6 Å². The Morgan fingerprint density at radius 3 is 2.91 bits per heavy atom. The molecule has 2 atom stereocenters. The Hall–Kier alpha value is -2.15. The van der Waals surface area contributed by atoms with Crippen LogP contribution in [0.5, 0.6) is 0 Å². The molecule has 7 nitrogen and oxygen atoms in total. The summed E-state index contributed by atoms with van der Waals surface area (Å²) in [5, 5.41) is 17.1. The first-order valence-corrected chi connectivity index (χ1v) is 7.96. The molecule has 0 bridgehead atoms. The summed E-state index contributed by atoms with van der Waals surface area (Å²) in [4.78, 5) is 22.9. The van der Waals surface area contributed by atoms with Crippen molar-refractivity contribution in [1.29, 1.82) is 0 Å². The molecule has 1 saturated heterocycles. The number of rotatable bonds is 7. The second kappa shape index (κ2) is 7.92. The van der Waals surface area contributed by atoms with Gasteiger partial charge in [-0.25, -0.2) is 0 Å². The number of nitro groups is 1. The van der Waals surface area contributed by atoms with E-state index in [1.807, 2.05) is 13.8 Å². The van der Waals surface area contributed by atoms with E-state index in [1.54, 1.807) is 12.1 Å². The van der Waals surface area contributed by atoms with E-state index in [9.17, 15) is 14.9 Å². The topological polar surface area (TPSA) is 93.5 Å². The molecule has 0 aromatic heterocycles. The van der Waals surface area contributed by atoms with Crippen LogP contribution in [0.4, 0.5) is 11.4 Å². The lowest BCUT2D eigenvalue weighted by molar-refractivity contribution is -0.384. The zero-order valence-corrected chi connectivity index (χ0v) is 13.5. The average Bonchev–Trinajstić information content (AvgIpc) is 3.05. The van der Waals surface area contributed by atoms with Crippen molar-refractivity contribution in [3.05, 3.63) is 33.9 Å². The molecule has 2 rings (SSSR count). The van der Waals surface area contributed by atoms with Crippen molar-refractivity contribution in [1.82, 2.24) is 5.32 Å². The number of benzene rings is 1. The largest absolute Gasteiger partial charge is 0.377 e. The number of ether oxygens (including phenoxy) is 1. The highest BCUT2D eigenvalue weighted by molar-refractivity contribution is 5.95. The Bertz CT molecular complexity index is 570. The summed E-state index contributed by atoms with van der Waals surface area (Å²) < 4.78 is 5.50. The fraction of sp³-hybridized carbons (Fsp3) is 0.562. The van der Waals surface area contributed by atoms with Crippen LogP contribution in [0.2, 0.25) is 0 Å². The van der Waals surface area contributed by atoms with Crippen LogP contribution in [0.3, 0.4) is 0 Å². The molecule has 1 fully saturated rings. The summed E-state index contributed by atoms with van der Waals surface area (Å²) in [5.74, 6) is -0.298. The molecule has 0 radical (unpaired) electrons. The molecule has 1 amide bonds. The van der Waals surface area contributed by atoms with Crippen molar-refractivity contribution in [2.24, 2.45) is 0 Å². The third-order valence-electron chi connectivity index (χ3n) is 3.99. The van der Waals surface area contributed by atoms with E-state index in [4.69, 9.17) is 4.74 Å². The number of hydrogen-bond acceptors (Lipinski definition) is 5. The van der Waals surface area contributed by atoms with E-state index in [-0.39, 0.29) is 23.7 Å². The van der Waals surface area contributed by atoms with Crippen molar-refractivity contribution in [2.75, 3.05) is 18.5 Å². The number of amides is 1. The van der Waals surface area contributed by atoms with E-state index in [2.05, 4.69) is 10.6 Å². The second-order valence-corrected chi connectivity index (χ2v) is 5.79. The van der Waals surface area contributed by atoms with Gasteiger partial charge in [-0.2, -0.15) is 0 Å². The van der Waals surface area contributed by atoms with Crippen LogP contribution < -0.4 is 10.6 Å². The molecule has 2 N–H and O–H groups in total. The monoisotopic (exact) mass is 321 g/mol. The first kappa shape index (κ1) is 17.2. The van der Waals surface area contributed by atoms with Gasteiger partial charge in [0.05, 0.1) is 11.0 Å². The number of nitrogens with one attached hydrogen (secondary N) is 2. The first-order valence-electron chi connectivity index (χ1n) is 7.96. The van der Waals surface area contributed by atoms with Gasteiger partial charge < -0.3 is 15.4 Å². The molecule has 1 aromatic carbocycles. The van der Waals surface area contributed by atoms with Gasteiger partial charge in [-0.15, -0.1) is 0 Å². The first-order chi connectivity index (χ1) is 11.0. The van der Waals surface area contributed by atoms with Crippen molar-refractivity contribution in [2.45, 2.75) is 45.3 Å². The van der Waals surface area contributed by atoms with E-state index < -0.39 is 4.92 Å². The summed E-state index contributed by atoms with van der Waals surface area (Å²) in [7, 11) is 0. The molecule has 7 heteroatoms. The van der Waals surface area contributed by atoms with E-state index in [1.165, 1.54) is 6.07 Å². The molecule has 23 heavy (non-hydrogen) atoms. The molecule has 126 valence electrons. The summed E-state index contributed by atoms with van der Waals surface area (Å²) in [5.41, 5.74) is 0.602. The number of nitrogens with zero attached hydrogens (tertiary/aromatic N) is 1. The number of carbonyl (C=O) groups is 1. The van der Waals surface area contributed by atoms with Gasteiger partial charge in [0.1, 0.15) is 5.69 Å². The Kier molecular flexibility index (Phi) is 5.92. The summed E-state index contributed by atoms with van der Waals surface area (Å²) in [6.45, 7) is 5.12. The Labute approximate surface area is 135 Å². The van der Waals surface area contributed by atoms with E-state index >= 15 is 0 Å². The summed E-state index contributed by atoms with van der Waals surface area (Å²) in [6.07, 6.45) is 2.86. The Morgan fingerprint density at radius 1 is 1.52 bits per heavy atom. The van der Waals surface area contributed by atoms with Crippen LogP contribution in [0.1, 0.15) is 43.5 Å². The highest BCUT2D eigenvalue weighted by atomic mass is 16.6. The Balaban J connectivity index is 2.10. The molecule has 1 aromatic rings. The van der Waals surface area contributed by atoms with E-state index in [0.29, 0.717) is 17.8 Å². The van der Waals surface area contributed by atoms with Crippen LogP contribution in [0.15, 0.2) is 18.2 Å². The minimum absolute atomic E-state index is 0.0267. The predicted octanol–water partition coefficient (Wildman–Crippen LogP) is 2.71. The van der Waals surface area contributed by atoms with Crippen LogP contribution in [0.25, 0.3) is 0 Å². The lowest BCUT2D eigenvalue weighted by atomic mass is 10.1. The maximum atomic E-state index is 12.1. The second-order valence-electron chi connectivity index (χ2n) is 5.79. The van der Waals surface area contributed by atoms with Gasteiger partial charge in [-0.05, 0) is 38.3 Å². The molecule has 1 aliphatic rings. The number of hydrogen-bond donors (Lipinski definition) is 2. The highest BCUT2D eigenvalue weighted by Crippen LogP contribution is 2.26. The van der Waals surface area contributed by atoms with Gasteiger partial charge >= 0.3 is 0 Å². The zero-order valence-electron chi connectivity index (χ0n) is 13.5. The number of carbonyl (C=O) groups excluding carboxylic acids is 1. The molecular weight excluding hydrogens is 298 g/mol. The Morgan fingerprint density at radius 2 is 2.30 bits per heavy atom. The lowest BCUT2D eigenvalue weighted by Gasteiger charge is -2.14. The maximum Gasteiger partial charge on any atom is 0.293 e. The molecular formula is C16H23N3O4. The quantitative estimate of drug-likeness (QED) is 0.595. The fourth-order valence-electron chi connectivity index (χ4n) is 2.41. The molecule has 2 unspecified atom stereocenters. The molecule has 0 aliphatic carbocycles. The lowest BCUT2D eigenvalue weighted by Crippen LogP contribution is -2.31. The number of anilines is 1. The van der Waals surface area contributed by atoms with Gasteiger partial charge in [-0.3, -0.25) is 14.9 Å². The van der Waals surface area contributed by atoms with Gasteiger partial charge in [0, 0.05) is 30.8 Å². The SMILES string of the molecule is CCC(C)NC(=O)c1ccc(NCC2CCCO2)c([N+](=O)[O-])c1. The number of nitro benzene ring substituents is 1. The average molecular weight is 321 g/mol. The van der Waals surface area contributed by atoms with Crippen LogP contribution in [-0.2, 0) is 4.74 Å². The maximum absolute atomic E-state index is 12.1. The molecule has 1 aliphatic heterocycles. The van der Waals surface area contributed by atoms with E-state index in [0.717, 1.165) is 25.9 Å².